The zero-order chi connectivity index (χ0) is 10.4. The van der Waals surface area contributed by atoms with Crippen LogP contribution < -0.4 is 0 Å². The molecule has 1 aromatic rings. The molecule has 0 amide bonds. The first-order chi connectivity index (χ1) is 6.72. The molecule has 0 aliphatic heterocycles. The third kappa shape index (κ3) is 3.95. The fourth-order valence-corrected chi connectivity index (χ4v) is 1.23. The molecule has 1 unspecified atom stereocenters. The van der Waals surface area contributed by atoms with Crippen molar-refractivity contribution in [2.45, 2.75) is 26.3 Å². The van der Waals surface area contributed by atoms with E-state index >= 15 is 0 Å². The van der Waals surface area contributed by atoms with Gasteiger partial charge in [-0.2, -0.15) is 0 Å². The molecule has 0 bridgehead atoms. The minimum Gasteiger partial charge on any atom is -0.750 e. The van der Waals surface area contributed by atoms with Crippen LogP contribution in [0.5, 0.6) is 0 Å². The lowest BCUT2D eigenvalue weighted by Gasteiger charge is -2.04. The van der Waals surface area contributed by atoms with Crippen LogP contribution in [0.15, 0.2) is 6.20 Å². The Morgan fingerprint density at radius 2 is 2.50 bits per heavy atom. The van der Waals surface area contributed by atoms with E-state index in [1.165, 1.54) is 0 Å². The lowest BCUT2D eigenvalue weighted by atomic mass is 10.3. The van der Waals surface area contributed by atoms with Crippen LogP contribution in [-0.2, 0) is 28.5 Å². The average molecular weight is 218 g/mol. The topological polar surface area (TPSA) is 80.1 Å². The first-order valence-electron chi connectivity index (χ1n) is 4.34. The van der Waals surface area contributed by atoms with Crippen molar-refractivity contribution in [3.05, 3.63) is 11.9 Å². The largest absolute Gasteiger partial charge is 0.750 e. The van der Waals surface area contributed by atoms with Gasteiger partial charge in [0.1, 0.15) is 0 Å². The Labute approximate surface area is 84.8 Å². The van der Waals surface area contributed by atoms with E-state index in [1.807, 2.05) is 0 Å². The first kappa shape index (κ1) is 11.3. The van der Waals surface area contributed by atoms with E-state index < -0.39 is 11.4 Å². The molecule has 0 spiro atoms. The zero-order valence-electron chi connectivity index (χ0n) is 7.88. The van der Waals surface area contributed by atoms with Gasteiger partial charge in [0.05, 0.1) is 30.2 Å². The van der Waals surface area contributed by atoms with Crippen molar-refractivity contribution < 1.29 is 12.9 Å². The maximum Gasteiger partial charge on any atom is 0.0842 e. The number of nitrogens with zero attached hydrogens (tertiary/aromatic N) is 3. The van der Waals surface area contributed by atoms with Crippen molar-refractivity contribution >= 4 is 11.4 Å². The van der Waals surface area contributed by atoms with Crippen molar-refractivity contribution in [3.8, 4) is 0 Å². The van der Waals surface area contributed by atoms with Crippen LogP contribution >= 0.6 is 0 Å². The minimum absolute atomic E-state index is 0.0883. The van der Waals surface area contributed by atoms with E-state index in [0.29, 0.717) is 6.54 Å². The van der Waals surface area contributed by atoms with Gasteiger partial charge >= 0.3 is 0 Å². The van der Waals surface area contributed by atoms with Crippen LogP contribution in [-0.4, -0.2) is 30.4 Å². The molecular formula is C7H12N3O3S-. The second kappa shape index (κ2) is 5.84. The maximum absolute atomic E-state index is 10.0. The van der Waals surface area contributed by atoms with Crippen LogP contribution in [0.3, 0.4) is 0 Å². The summed E-state index contributed by atoms with van der Waals surface area (Å²) in [5.41, 5.74) is 0.913. The van der Waals surface area contributed by atoms with Gasteiger partial charge < -0.3 is 4.55 Å². The molecule has 0 radical (unpaired) electrons. The molecule has 0 saturated carbocycles. The Morgan fingerprint density at radius 3 is 3.14 bits per heavy atom. The molecule has 0 aliphatic rings. The highest BCUT2D eigenvalue weighted by Crippen LogP contribution is 1.97. The van der Waals surface area contributed by atoms with Crippen molar-refractivity contribution in [2.24, 2.45) is 0 Å². The molecule has 6 nitrogen and oxygen atoms in total. The Morgan fingerprint density at radius 1 is 1.71 bits per heavy atom. The van der Waals surface area contributed by atoms with Gasteiger partial charge in [0.2, 0.25) is 0 Å². The highest BCUT2D eigenvalue weighted by molar-refractivity contribution is 7.74. The van der Waals surface area contributed by atoms with Crippen molar-refractivity contribution in [1.82, 2.24) is 15.0 Å². The molecule has 1 rings (SSSR count). The molecule has 14 heavy (non-hydrogen) atoms. The smallest absolute Gasteiger partial charge is 0.0842 e. The number of hydrogen-bond donors (Lipinski definition) is 0. The van der Waals surface area contributed by atoms with E-state index in [1.54, 1.807) is 10.9 Å². The van der Waals surface area contributed by atoms with Gasteiger partial charge in [-0.3, -0.25) is 4.18 Å². The molecule has 1 aromatic heterocycles. The number of rotatable bonds is 6. The van der Waals surface area contributed by atoms with Crippen LogP contribution in [0.25, 0.3) is 0 Å². The average Bonchev–Trinajstić information content (AvgIpc) is 2.53. The highest BCUT2D eigenvalue weighted by Gasteiger charge is 1.98. The number of hydrogen-bond acceptors (Lipinski definition) is 5. The number of aryl methyl sites for hydroxylation is 1. The van der Waals surface area contributed by atoms with Gasteiger partial charge in [-0.1, -0.05) is 18.6 Å². The minimum atomic E-state index is -2.45. The maximum atomic E-state index is 10.0. The summed E-state index contributed by atoms with van der Waals surface area (Å²) in [6, 6.07) is 0. The standard InChI is InChI=1S/C7H13N3O3S/c1-2-3-7-6-10(9-8-7)4-5-13-14(11)12/h6H,2-5H2,1H3,(H,11,12)/p-1. The second-order valence-electron chi connectivity index (χ2n) is 2.75. The first-order valence-corrected chi connectivity index (χ1v) is 5.34. The van der Waals surface area contributed by atoms with Crippen molar-refractivity contribution in [2.75, 3.05) is 6.61 Å². The van der Waals surface area contributed by atoms with Gasteiger partial charge in [-0.05, 0) is 6.42 Å². The molecule has 0 saturated heterocycles. The molecule has 1 atom stereocenters. The molecule has 1 heterocycles. The van der Waals surface area contributed by atoms with Crippen molar-refractivity contribution in [1.29, 1.82) is 0 Å². The Hall–Kier alpha value is -0.790. The van der Waals surface area contributed by atoms with E-state index in [-0.39, 0.29) is 6.61 Å². The summed E-state index contributed by atoms with van der Waals surface area (Å²) in [7, 11) is 0. The summed E-state index contributed by atoms with van der Waals surface area (Å²) < 4.78 is 26.0. The van der Waals surface area contributed by atoms with Crippen molar-refractivity contribution in [3.63, 3.8) is 0 Å². The molecular weight excluding hydrogens is 206 g/mol. The van der Waals surface area contributed by atoms with Gasteiger partial charge in [-0.25, -0.2) is 8.89 Å². The van der Waals surface area contributed by atoms with Crippen LogP contribution in [0.4, 0.5) is 0 Å². The second-order valence-corrected chi connectivity index (χ2v) is 3.39. The van der Waals surface area contributed by atoms with E-state index in [0.717, 1.165) is 18.5 Å². The monoisotopic (exact) mass is 218 g/mol. The Balaban J connectivity index is 2.32. The molecule has 0 fully saturated rings. The quantitative estimate of drug-likeness (QED) is 0.630. The van der Waals surface area contributed by atoms with Crippen LogP contribution in [0, 0.1) is 0 Å². The summed E-state index contributed by atoms with van der Waals surface area (Å²) >= 11 is -2.45. The summed E-state index contributed by atoms with van der Waals surface area (Å²) in [4.78, 5) is 0. The van der Waals surface area contributed by atoms with E-state index in [9.17, 15) is 8.76 Å². The third-order valence-electron chi connectivity index (χ3n) is 1.59. The molecule has 0 aliphatic carbocycles. The predicted molar refractivity (Wildman–Crippen MR) is 48.9 cm³/mol. The zero-order valence-corrected chi connectivity index (χ0v) is 8.70. The summed E-state index contributed by atoms with van der Waals surface area (Å²) in [6.45, 7) is 2.54. The molecule has 80 valence electrons. The van der Waals surface area contributed by atoms with E-state index in [2.05, 4.69) is 21.4 Å². The highest BCUT2D eigenvalue weighted by atomic mass is 32.2. The Bertz CT molecular complexity index is 302. The fraction of sp³-hybridized carbons (Fsp3) is 0.714. The van der Waals surface area contributed by atoms with E-state index in [4.69, 9.17) is 0 Å². The molecule has 0 aromatic carbocycles. The van der Waals surface area contributed by atoms with Gasteiger partial charge in [0.25, 0.3) is 0 Å². The van der Waals surface area contributed by atoms with Crippen LogP contribution in [0.2, 0.25) is 0 Å². The molecule has 7 heteroatoms. The SMILES string of the molecule is CCCc1cn(CCOS(=O)[O-])nn1. The lowest BCUT2D eigenvalue weighted by Crippen LogP contribution is -2.07. The summed E-state index contributed by atoms with van der Waals surface area (Å²) in [6.07, 6.45) is 3.69. The van der Waals surface area contributed by atoms with Gasteiger partial charge in [0, 0.05) is 6.20 Å². The molecule has 0 N–H and O–H groups in total. The van der Waals surface area contributed by atoms with Gasteiger partial charge in [0.15, 0.2) is 0 Å². The predicted octanol–water partition coefficient (Wildman–Crippen LogP) is 0.0413. The Kier molecular flexibility index (Phi) is 4.71. The fourth-order valence-electron chi connectivity index (χ4n) is 1.02. The lowest BCUT2D eigenvalue weighted by molar-refractivity contribution is 0.279. The normalized spacial score (nSPS) is 13.0. The summed E-state index contributed by atoms with van der Waals surface area (Å²) in [5, 5.41) is 7.72. The third-order valence-corrected chi connectivity index (χ3v) is 1.95. The summed E-state index contributed by atoms with van der Waals surface area (Å²) in [5.74, 6) is 0. The van der Waals surface area contributed by atoms with Gasteiger partial charge in [-0.15, -0.1) is 5.10 Å². The number of aromatic nitrogens is 3. The van der Waals surface area contributed by atoms with Crippen LogP contribution in [0.1, 0.15) is 19.0 Å².